The molecule has 0 aliphatic rings. The first kappa shape index (κ1) is 11.3. The van der Waals surface area contributed by atoms with Crippen LogP contribution in [0.25, 0.3) is 0 Å². The monoisotopic (exact) mass is 225 g/mol. The SMILES string of the molecule is Cc1ccc(/N=N\N)cc1Cc1ccccc1. The van der Waals surface area contributed by atoms with Crippen molar-refractivity contribution in [3.63, 3.8) is 0 Å². The molecule has 3 heteroatoms. The van der Waals surface area contributed by atoms with Crippen LogP contribution in [0.15, 0.2) is 58.9 Å². The predicted molar refractivity (Wildman–Crippen MR) is 69.1 cm³/mol. The molecule has 86 valence electrons. The Balaban J connectivity index is 2.29. The predicted octanol–water partition coefficient (Wildman–Crippen LogP) is 3.54. The fourth-order valence-corrected chi connectivity index (χ4v) is 1.79. The van der Waals surface area contributed by atoms with Crippen molar-refractivity contribution < 1.29 is 0 Å². The van der Waals surface area contributed by atoms with Gasteiger partial charge < -0.3 is 5.84 Å². The van der Waals surface area contributed by atoms with Crippen LogP contribution >= 0.6 is 0 Å². The zero-order valence-electron chi connectivity index (χ0n) is 9.80. The van der Waals surface area contributed by atoms with Crippen molar-refractivity contribution in [1.82, 2.24) is 0 Å². The molecule has 2 N–H and O–H groups in total. The maximum atomic E-state index is 5.06. The second kappa shape index (κ2) is 5.25. The van der Waals surface area contributed by atoms with Gasteiger partial charge in [0, 0.05) is 0 Å². The molecule has 0 spiro atoms. The molecule has 0 heterocycles. The highest BCUT2D eigenvalue weighted by Gasteiger charge is 2.01. The molecule has 0 saturated carbocycles. The first-order valence-corrected chi connectivity index (χ1v) is 5.54. The number of nitrogens with zero attached hydrogens (tertiary/aromatic N) is 2. The molecule has 2 aromatic rings. The topological polar surface area (TPSA) is 50.7 Å². The minimum absolute atomic E-state index is 0.795. The first-order chi connectivity index (χ1) is 8.29. The number of aryl methyl sites for hydroxylation is 1. The van der Waals surface area contributed by atoms with Gasteiger partial charge in [-0.3, -0.25) is 0 Å². The Kier molecular flexibility index (Phi) is 3.50. The van der Waals surface area contributed by atoms with E-state index in [-0.39, 0.29) is 0 Å². The largest absolute Gasteiger partial charge is 0.305 e. The maximum absolute atomic E-state index is 5.06. The van der Waals surface area contributed by atoms with E-state index in [4.69, 9.17) is 5.84 Å². The van der Waals surface area contributed by atoms with Gasteiger partial charge in [-0.15, -0.1) is 5.11 Å². The van der Waals surface area contributed by atoms with Crippen molar-refractivity contribution in [1.29, 1.82) is 0 Å². The van der Waals surface area contributed by atoms with Gasteiger partial charge in [0.15, 0.2) is 0 Å². The number of benzene rings is 2. The maximum Gasteiger partial charge on any atom is 0.0877 e. The molecule has 0 aliphatic heterocycles. The zero-order valence-corrected chi connectivity index (χ0v) is 9.80. The van der Waals surface area contributed by atoms with E-state index in [0.717, 1.165) is 12.1 Å². The molecule has 0 atom stereocenters. The molecule has 0 bridgehead atoms. The lowest BCUT2D eigenvalue weighted by molar-refractivity contribution is 1.05. The molecule has 0 unspecified atom stereocenters. The summed E-state index contributed by atoms with van der Waals surface area (Å²) in [5.41, 5.74) is 4.59. The standard InChI is InChI=1S/C14H15N3/c1-11-7-8-14(16-17-15)10-13(11)9-12-5-3-2-4-6-12/h2-8,10H,9H2,1H3,(H2,15,16). The summed E-state index contributed by atoms with van der Waals surface area (Å²) >= 11 is 0. The molecular formula is C14H15N3. The first-order valence-electron chi connectivity index (χ1n) is 5.54. The fourth-order valence-electron chi connectivity index (χ4n) is 1.79. The van der Waals surface area contributed by atoms with Crippen LogP contribution in [0.1, 0.15) is 16.7 Å². The Morgan fingerprint density at radius 2 is 1.82 bits per heavy atom. The Bertz CT molecular complexity index is 518. The van der Waals surface area contributed by atoms with Crippen LogP contribution in [0, 0.1) is 6.92 Å². The third kappa shape index (κ3) is 2.91. The summed E-state index contributed by atoms with van der Waals surface area (Å²) in [5, 5.41) is 7.16. The van der Waals surface area contributed by atoms with Gasteiger partial charge in [0.25, 0.3) is 0 Å². The highest BCUT2D eigenvalue weighted by Crippen LogP contribution is 2.20. The summed E-state index contributed by atoms with van der Waals surface area (Å²) in [6, 6.07) is 16.4. The van der Waals surface area contributed by atoms with Gasteiger partial charge in [-0.05, 0) is 42.2 Å². The molecule has 17 heavy (non-hydrogen) atoms. The van der Waals surface area contributed by atoms with Crippen molar-refractivity contribution in [3.8, 4) is 0 Å². The quantitative estimate of drug-likeness (QED) is 0.485. The van der Waals surface area contributed by atoms with Crippen LogP contribution in [0.4, 0.5) is 5.69 Å². The van der Waals surface area contributed by atoms with Crippen LogP contribution in [0.5, 0.6) is 0 Å². The highest BCUT2D eigenvalue weighted by molar-refractivity contribution is 5.45. The molecule has 0 amide bonds. The van der Waals surface area contributed by atoms with E-state index >= 15 is 0 Å². The van der Waals surface area contributed by atoms with E-state index in [1.807, 2.05) is 36.4 Å². The fraction of sp³-hybridized carbons (Fsp3) is 0.143. The smallest absolute Gasteiger partial charge is 0.0877 e. The van der Waals surface area contributed by atoms with Gasteiger partial charge in [-0.2, -0.15) is 0 Å². The van der Waals surface area contributed by atoms with Gasteiger partial charge >= 0.3 is 0 Å². The van der Waals surface area contributed by atoms with Crippen molar-refractivity contribution >= 4 is 5.69 Å². The van der Waals surface area contributed by atoms with Gasteiger partial charge in [0.2, 0.25) is 0 Å². The van der Waals surface area contributed by atoms with E-state index in [1.165, 1.54) is 16.7 Å². The molecule has 2 rings (SSSR count). The Labute approximate surface area is 101 Å². The van der Waals surface area contributed by atoms with E-state index in [2.05, 4.69) is 29.4 Å². The second-order valence-electron chi connectivity index (χ2n) is 3.99. The molecule has 0 fully saturated rings. The lowest BCUT2D eigenvalue weighted by Crippen LogP contribution is -1.91. The highest BCUT2D eigenvalue weighted by atomic mass is 15.3. The third-order valence-corrected chi connectivity index (χ3v) is 2.74. The van der Waals surface area contributed by atoms with Gasteiger partial charge in [-0.1, -0.05) is 41.6 Å². The van der Waals surface area contributed by atoms with E-state index < -0.39 is 0 Å². The van der Waals surface area contributed by atoms with E-state index in [9.17, 15) is 0 Å². The van der Waals surface area contributed by atoms with E-state index in [1.54, 1.807) is 0 Å². The lowest BCUT2D eigenvalue weighted by atomic mass is 10.00. The Morgan fingerprint density at radius 3 is 2.53 bits per heavy atom. The Hall–Kier alpha value is -2.16. The molecule has 0 aromatic heterocycles. The van der Waals surface area contributed by atoms with Crippen molar-refractivity contribution in [3.05, 3.63) is 65.2 Å². The van der Waals surface area contributed by atoms with Crippen LogP contribution in [-0.4, -0.2) is 0 Å². The average molecular weight is 225 g/mol. The van der Waals surface area contributed by atoms with Crippen LogP contribution in [0.3, 0.4) is 0 Å². The van der Waals surface area contributed by atoms with Gasteiger partial charge in [-0.25, -0.2) is 0 Å². The van der Waals surface area contributed by atoms with Crippen molar-refractivity contribution in [2.24, 2.45) is 16.2 Å². The lowest BCUT2D eigenvalue weighted by Gasteiger charge is -2.06. The second-order valence-corrected chi connectivity index (χ2v) is 3.99. The summed E-state index contributed by atoms with van der Waals surface area (Å²) in [6.07, 6.45) is 0.903. The van der Waals surface area contributed by atoms with Crippen molar-refractivity contribution in [2.45, 2.75) is 13.3 Å². The molecular weight excluding hydrogens is 210 g/mol. The number of nitrogens with two attached hydrogens (primary N) is 1. The number of hydrogen-bond acceptors (Lipinski definition) is 2. The molecule has 3 nitrogen and oxygen atoms in total. The third-order valence-electron chi connectivity index (χ3n) is 2.74. The summed E-state index contributed by atoms with van der Waals surface area (Å²) in [4.78, 5) is 0. The van der Waals surface area contributed by atoms with Gasteiger partial charge in [0.1, 0.15) is 0 Å². The van der Waals surface area contributed by atoms with Crippen LogP contribution in [0.2, 0.25) is 0 Å². The minimum atomic E-state index is 0.795. The summed E-state index contributed by atoms with van der Waals surface area (Å²) < 4.78 is 0. The van der Waals surface area contributed by atoms with Crippen molar-refractivity contribution in [2.75, 3.05) is 0 Å². The Morgan fingerprint density at radius 1 is 1.06 bits per heavy atom. The summed E-state index contributed by atoms with van der Waals surface area (Å²) in [5.74, 6) is 5.06. The molecule has 0 saturated heterocycles. The number of rotatable bonds is 3. The zero-order chi connectivity index (χ0) is 12.1. The summed E-state index contributed by atoms with van der Waals surface area (Å²) in [7, 11) is 0. The minimum Gasteiger partial charge on any atom is -0.305 e. The van der Waals surface area contributed by atoms with Crippen LogP contribution in [-0.2, 0) is 6.42 Å². The van der Waals surface area contributed by atoms with Crippen LogP contribution < -0.4 is 5.84 Å². The van der Waals surface area contributed by atoms with E-state index in [0.29, 0.717) is 0 Å². The normalized spacial score (nSPS) is 10.9. The molecule has 2 aromatic carbocycles. The summed E-state index contributed by atoms with van der Waals surface area (Å²) in [6.45, 7) is 2.10. The van der Waals surface area contributed by atoms with Gasteiger partial charge in [0.05, 0.1) is 5.69 Å². The average Bonchev–Trinajstić information content (AvgIpc) is 2.35. The number of hydrogen-bond donors (Lipinski definition) is 1. The molecule has 0 aliphatic carbocycles. The molecule has 0 radical (unpaired) electrons.